The molecule has 0 saturated carbocycles. The number of sulfonamides is 1. The molecular formula is C11H19N3O4S. The number of hydrogen-bond donors (Lipinski definition) is 1. The third-order valence-corrected chi connectivity index (χ3v) is 4.29. The van der Waals surface area contributed by atoms with Crippen molar-refractivity contribution < 1.29 is 17.9 Å². The van der Waals surface area contributed by atoms with E-state index in [1.54, 1.807) is 7.05 Å². The Bertz CT molecular complexity index is 552. The van der Waals surface area contributed by atoms with E-state index in [0.717, 1.165) is 0 Å². The Kier molecular flexibility index (Phi) is 4.70. The molecule has 1 atom stereocenters. The van der Waals surface area contributed by atoms with Crippen LogP contribution >= 0.6 is 0 Å². The van der Waals surface area contributed by atoms with E-state index >= 15 is 0 Å². The molecule has 1 aromatic rings. The number of aryl methyl sites for hydroxylation is 1. The second-order valence-corrected chi connectivity index (χ2v) is 6.21. The molecule has 1 heterocycles. The zero-order valence-corrected chi connectivity index (χ0v) is 12.3. The van der Waals surface area contributed by atoms with Gasteiger partial charge in [-0.3, -0.25) is 9.48 Å². The summed E-state index contributed by atoms with van der Waals surface area (Å²) in [6.45, 7) is 3.37. The number of carbonyl (C=O) groups excluding carboxylic acids is 1. The van der Waals surface area contributed by atoms with Crippen LogP contribution in [0, 0.1) is 0 Å². The van der Waals surface area contributed by atoms with E-state index in [0.29, 0.717) is 12.8 Å². The summed E-state index contributed by atoms with van der Waals surface area (Å²) in [5.74, 6) is -0.609. The van der Waals surface area contributed by atoms with Gasteiger partial charge in [-0.25, -0.2) is 8.42 Å². The van der Waals surface area contributed by atoms with Gasteiger partial charge in [0, 0.05) is 13.2 Å². The van der Waals surface area contributed by atoms with E-state index in [-0.39, 0.29) is 4.90 Å². The van der Waals surface area contributed by atoms with Gasteiger partial charge < -0.3 is 4.74 Å². The fraction of sp³-hybridized carbons (Fsp3) is 0.636. The number of ether oxygens (including phenoxy) is 1. The Balaban J connectivity index is 3.06. The summed E-state index contributed by atoms with van der Waals surface area (Å²) in [7, 11) is -0.962. The van der Waals surface area contributed by atoms with E-state index in [1.165, 1.54) is 31.1 Å². The Hall–Kier alpha value is -1.41. The Morgan fingerprint density at radius 1 is 1.58 bits per heavy atom. The molecule has 1 aromatic heterocycles. The van der Waals surface area contributed by atoms with Gasteiger partial charge in [0.2, 0.25) is 10.0 Å². The summed E-state index contributed by atoms with van der Waals surface area (Å²) in [4.78, 5) is 11.8. The van der Waals surface area contributed by atoms with Crippen LogP contribution in [-0.2, 0) is 26.6 Å². The van der Waals surface area contributed by atoms with Crippen LogP contribution in [-0.4, -0.2) is 36.8 Å². The van der Waals surface area contributed by atoms with E-state index < -0.39 is 21.5 Å². The van der Waals surface area contributed by atoms with Crippen LogP contribution in [0.25, 0.3) is 0 Å². The highest BCUT2D eigenvalue weighted by Crippen LogP contribution is 2.18. The van der Waals surface area contributed by atoms with Crippen LogP contribution in [0.5, 0.6) is 0 Å². The van der Waals surface area contributed by atoms with Crippen molar-refractivity contribution in [2.75, 3.05) is 7.11 Å². The van der Waals surface area contributed by atoms with Crippen molar-refractivity contribution in [3.8, 4) is 0 Å². The maximum atomic E-state index is 12.2. The van der Waals surface area contributed by atoms with Crippen molar-refractivity contribution in [3.05, 3.63) is 12.4 Å². The predicted molar refractivity (Wildman–Crippen MR) is 68.9 cm³/mol. The van der Waals surface area contributed by atoms with Gasteiger partial charge in [-0.1, -0.05) is 13.3 Å². The summed E-state index contributed by atoms with van der Waals surface area (Å²) in [5, 5.41) is 3.81. The van der Waals surface area contributed by atoms with Gasteiger partial charge in [0.1, 0.15) is 10.4 Å². The molecule has 19 heavy (non-hydrogen) atoms. The van der Waals surface area contributed by atoms with Crippen LogP contribution in [0.1, 0.15) is 26.7 Å². The highest BCUT2D eigenvalue weighted by atomic mass is 32.2. The van der Waals surface area contributed by atoms with Crippen LogP contribution < -0.4 is 4.72 Å². The maximum absolute atomic E-state index is 12.2. The van der Waals surface area contributed by atoms with Gasteiger partial charge in [0.05, 0.1) is 13.3 Å². The molecule has 8 heteroatoms. The second-order valence-electron chi connectivity index (χ2n) is 4.53. The normalized spacial score (nSPS) is 14.9. The van der Waals surface area contributed by atoms with E-state index in [9.17, 15) is 13.2 Å². The Morgan fingerprint density at radius 2 is 2.21 bits per heavy atom. The van der Waals surface area contributed by atoms with Crippen molar-refractivity contribution in [1.82, 2.24) is 14.5 Å². The number of carbonyl (C=O) groups is 1. The summed E-state index contributed by atoms with van der Waals surface area (Å²) in [6.07, 6.45) is 3.58. The topological polar surface area (TPSA) is 90.3 Å². The van der Waals surface area contributed by atoms with Crippen molar-refractivity contribution in [3.63, 3.8) is 0 Å². The lowest BCUT2D eigenvalue weighted by atomic mass is 9.98. The molecule has 0 aromatic carbocycles. The molecule has 0 fully saturated rings. The fourth-order valence-electron chi connectivity index (χ4n) is 1.81. The predicted octanol–water partition coefficient (Wildman–Crippen LogP) is 0.430. The van der Waals surface area contributed by atoms with Gasteiger partial charge in [0.25, 0.3) is 0 Å². The SMILES string of the molecule is CCCC(C)(NS(=O)(=O)c1cnn(C)c1)C(=O)OC. The highest BCUT2D eigenvalue weighted by molar-refractivity contribution is 7.89. The molecule has 0 saturated heterocycles. The van der Waals surface area contributed by atoms with Crippen LogP contribution in [0.2, 0.25) is 0 Å². The Labute approximate surface area is 113 Å². The molecule has 0 aliphatic carbocycles. The third-order valence-electron chi connectivity index (χ3n) is 2.74. The summed E-state index contributed by atoms with van der Waals surface area (Å²) in [5.41, 5.74) is -1.28. The molecule has 108 valence electrons. The second kappa shape index (κ2) is 5.70. The largest absolute Gasteiger partial charge is 0.468 e. The van der Waals surface area contributed by atoms with E-state index in [1.807, 2.05) is 6.92 Å². The number of esters is 1. The first-order valence-electron chi connectivity index (χ1n) is 5.86. The molecule has 1 N–H and O–H groups in total. The molecule has 1 rings (SSSR count). The Morgan fingerprint density at radius 3 is 2.63 bits per heavy atom. The average Bonchev–Trinajstić information content (AvgIpc) is 2.75. The van der Waals surface area contributed by atoms with E-state index in [4.69, 9.17) is 0 Å². The molecule has 0 amide bonds. The first kappa shape index (κ1) is 15.6. The summed E-state index contributed by atoms with van der Waals surface area (Å²) < 4.78 is 32.8. The van der Waals surface area contributed by atoms with Gasteiger partial charge in [-0.15, -0.1) is 0 Å². The fourth-order valence-corrected chi connectivity index (χ4v) is 3.19. The minimum Gasteiger partial charge on any atom is -0.468 e. The molecule has 0 bridgehead atoms. The zero-order valence-electron chi connectivity index (χ0n) is 11.5. The molecule has 7 nitrogen and oxygen atoms in total. The smallest absolute Gasteiger partial charge is 0.326 e. The lowest BCUT2D eigenvalue weighted by Gasteiger charge is -2.26. The number of nitrogens with one attached hydrogen (secondary N) is 1. The third kappa shape index (κ3) is 3.54. The van der Waals surface area contributed by atoms with E-state index in [2.05, 4.69) is 14.6 Å². The quantitative estimate of drug-likeness (QED) is 0.767. The summed E-state index contributed by atoms with van der Waals surface area (Å²) >= 11 is 0. The van der Waals surface area contributed by atoms with Crippen molar-refractivity contribution in [2.45, 2.75) is 37.1 Å². The van der Waals surface area contributed by atoms with Crippen molar-refractivity contribution in [1.29, 1.82) is 0 Å². The highest BCUT2D eigenvalue weighted by Gasteiger charge is 2.38. The van der Waals surface area contributed by atoms with Gasteiger partial charge in [-0.2, -0.15) is 9.82 Å². The monoisotopic (exact) mass is 289 g/mol. The minimum absolute atomic E-state index is 0.0150. The van der Waals surface area contributed by atoms with Crippen LogP contribution in [0.4, 0.5) is 0 Å². The molecule has 0 radical (unpaired) electrons. The maximum Gasteiger partial charge on any atom is 0.326 e. The number of aromatic nitrogens is 2. The number of methoxy groups -OCH3 is 1. The molecule has 1 unspecified atom stereocenters. The van der Waals surface area contributed by atoms with Crippen molar-refractivity contribution in [2.24, 2.45) is 7.05 Å². The van der Waals surface area contributed by atoms with Gasteiger partial charge in [-0.05, 0) is 13.3 Å². The van der Waals surface area contributed by atoms with Gasteiger partial charge >= 0.3 is 5.97 Å². The first-order chi connectivity index (χ1) is 8.75. The molecular weight excluding hydrogens is 270 g/mol. The van der Waals surface area contributed by atoms with Crippen LogP contribution in [0.3, 0.4) is 0 Å². The number of rotatable bonds is 6. The molecule has 0 aliphatic rings. The van der Waals surface area contributed by atoms with Crippen LogP contribution in [0.15, 0.2) is 17.3 Å². The standard InChI is InChI=1S/C11H19N3O4S/c1-5-6-11(2,10(15)18-4)13-19(16,17)9-7-12-14(3)8-9/h7-8,13H,5-6H2,1-4H3. The lowest BCUT2D eigenvalue weighted by Crippen LogP contribution is -2.52. The average molecular weight is 289 g/mol. The van der Waals surface area contributed by atoms with Gasteiger partial charge in [0.15, 0.2) is 0 Å². The minimum atomic E-state index is -3.81. The van der Waals surface area contributed by atoms with Crippen molar-refractivity contribution >= 4 is 16.0 Å². The molecule has 0 spiro atoms. The zero-order chi connectivity index (χ0) is 14.7. The number of hydrogen-bond acceptors (Lipinski definition) is 5. The molecule has 0 aliphatic heterocycles. The number of nitrogens with zero attached hydrogens (tertiary/aromatic N) is 2. The summed E-state index contributed by atoms with van der Waals surface area (Å²) in [6, 6.07) is 0. The lowest BCUT2D eigenvalue weighted by molar-refractivity contribution is -0.147. The first-order valence-corrected chi connectivity index (χ1v) is 7.34.